The van der Waals surface area contributed by atoms with Crippen LogP contribution in [0.25, 0.3) is 0 Å². The number of nitrogens with zero attached hydrogens (tertiary/aromatic N) is 3. The molecule has 250 valence electrons. The van der Waals surface area contributed by atoms with E-state index in [4.69, 9.17) is 14.2 Å². The average molecular weight is 637 g/mol. The maximum Gasteiger partial charge on any atom is 0.410 e. The van der Waals surface area contributed by atoms with Crippen LogP contribution in [0.3, 0.4) is 0 Å². The number of rotatable bonds is 11. The van der Waals surface area contributed by atoms with Crippen molar-refractivity contribution in [2.75, 3.05) is 33.3 Å². The number of hydrogen-bond donors (Lipinski definition) is 1. The predicted molar refractivity (Wildman–Crippen MR) is 172 cm³/mol. The Bertz CT molecular complexity index is 1320. The fourth-order valence-electron chi connectivity index (χ4n) is 5.87. The van der Waals surface area contributed by atoms with Gasteiger partial charge in [-0.2, -0.15) is 0 Å². The third kappa shape index (κ3) is 10.7. The van der Waals surface area contributed by atoms with Crippen LogP contribution in [0.4, 0.5) is 4.79 Å². The van der Waals surface area contributed by atoms with Crippen LogP contribution in [0.2, 0.25) is 0 Å². The number of esters is 1. The van der Waals surface area contributed by atoms with Gasteiger partial charge in [0.15, 0.2) is 0 Å². The van der Waals surface area contributed by atoms with Crippen LogP contribution in [-0.4, -0.2) is 77.6 Å². The quantitative estimate of drug-likeness (QED) is 0.340. The van der Waals surface area contributed by atoms with Crippen molar-refractivity contribution >= 4 is 23.9 Å². The van der Waals surface area contributed by atoms with Gasteiger partial charge in [-0.3, -0.25) is 19.4 Å². The Hall–Kier alpha value is -4.15. The minimum absolute atomic E-state index is 0.0469. The molecule has 0 spiro atoms. The van der Waals surface area contributed by atoms with Crippen LogP contribution in [0.15, 0.2) is 48.8 Å². The molecule has 2 saturated heterocycles. The van der Waals surface area contributed by atoms with Crippen molar-refractivity contribution < 1.29 is 33.4 Å². The molecule has 0 radical (unpaired) electrons. The lowest BCUT2D eigenvalue weighted by Gasteiger charge is -2.35. The van der Waals surface area contributed by atoms with Gasteiger partial charge in [-0.1, -0.05) is 30.3 Å². The lowest BCUT2D eigenvalue weighted by molar-refractivity contribution is -0.141. The van der Waals surface area contributed by atoms with E-state index >= 15 is 0 Å². The summed E-state index contributed by atoms with van der Waals surface area (Å²) in [6.45, 7) is 8.16. The minimum Gasteiger partial charge on any atom is -0.487 e. The molecular weight excluding hydrogens is 588 g/mol. The molecule has 3 heterocycles. The molecule has 2 unspecified atom stereocenters. The van der Waals surface area contributed by atoms with Crippen LogP contribution in [0.1, 0.15) is 82.9 Å². The van der Waals surface area contributed by atoms with Gasteiger partial charge in [0, 0.05) is 38.8 Å². The van der Waals surface area contributed by atoms with Crippen molar-refractivity contribution in [2.24, 2.45) is 11.8 Å². The van der Waals surface area contributed by atoms with E-state index in [2.05, 4.69) is 10.3 Å². The molecule has 11 nitrogen and oxygen atoms in total. The standard InChI is InChI=1S/C35H48N4O7/c1-35(2,3)46-34(43)38-17-14-25(15-18-38)12-13-31(40)39-16-8-11-27(23-39)33(42)37-30(20-32(41)44-4)28-19-29(22-36-21-28)45-24-26-9-6-5-7-10-26/h5-7,9-10,19,21-22,25,27,30H,8,11-18,20,23-24H2,1-4H3,(H,37,42). The highest BCUT2D eigenvalue weighted by atomic mass is 16.6. The number of benzene rings is 1. The maximum atomic E-state index is 13.5. The summed E-state index contributed by atoms with van der Waals surface area (Å²) in [5.74, 6) is -0.122. The molecule has 1 N–H and O–H groups in total. The Morgan fingerprint density at radius 3 is 2.43 bits per heavy atom. The zero-order valence-corrected chi connectivity index (χ0v) is 27.5. The number of amides is 3. The molecule has 0 saturated carbocycles. The highest BCUT2D eigenvalue weighted by Crippen LogP contribution is 2.27. The first-order chi connectivity index (χ1) is 22.0. The maximum absolute atomic E-state index is 13.5. The van der Waals surface area contributed by atoms with E-state index in [1.807, 2.05) is 51.1 Å². The lowest BCUT2D eigenvalue weighted by atomic mass is 9.91. The normalized spacial score (nSPS) is 18.0. The molecule has 0 bridgehead atoms. The molecule has 1 aromatic heterocycles. The van der Waals surface area contributed by atoms with Crippen molar-refractivity contribution in [1.29, 1.82) is 0 Å². The van der Waals surface area contributed by atoms with Crippen molar-refractivity contribution in [1.82, 2.24) is 20.1 Å². The van der Waals surface area contributed by atoms with Crippen LogP contribution >= 0.6 is 0 Å². The molecule has 3 amide bonds. The number of aromatic nitrogens is 1. The van der Waals surface area contributed by atoms with Gasteiger partial charge in [-0.25, -0.2) is 4.79 Å². The number of piperidine rings is 2. The van der Waals surface area contributed by atoms with Gasteiger partial charge in [0.05, 0.1) is 31.7 Å². The Morgan fingerprint density at radius 1 is 1.00 bits per heavy atom. The van der Waals surface area contributed by atoms with E-state index in [0.717, 1.165) is 31.2 Å². The third-order valence-electron chi connectivity index (χ3n) is 8.48. The molecule has 1 aromatic carbocycles. The number of carbonyl (C=O) groups is 4. The number of methoxy groups -OCH3 is 1. The SMILES string of the molecule is COC(=O)CC(NC(=O)C1CCCN(C(=O)CCC2CCN(C(=O)OC(C)(C)C)CC2)C1)c1cncc(OCc2ccccc2)c1. The van der Waals surface area contributed by atoms with Gasteiger partial charge in [0.2, 0.25) is 11.8 Å². The van der Waals surface area contributed by atoms with Crippen LogP contribution < -0.4 is 10.1 Å². The summed E-state index contributed by atoms with van der Waals surface area (Å²) in [6, 6.07) is 10.9. The van der Waals surface area contributed by atoms with Crippen LogP contribution in [0.5, 0.6) is 5.75 Å². The van der Waals surface area contributed by atoms with E-state index in [0.29, 0.717) is 62.9 Å². The van der Waals surface area contributed by atoms with Gasteiger partial charge in [-0.15, -0.1) is 0 Å². The largest absolute Gasteiger partial charge is 0.487 e. The topological polar surface area (TPSA) is 127 Å². The van der Waals surface area contributed by atoms with E-state index in [1.165, 1.54) is 7.11 Å². The predicted octanol–water partition coefficient (Wildman–Crippen LogP) is 5.05. The van der Waals surface area contributed by atoms with Gasteiger partial charge in [-0.05, 0) is 76.0 Å². The monoisotopic (exact) mass is 636 g/mol. The van der Waals surface area contributed by atoms with Crippen molar-refractivity contribution in [3.8, 4) is 5.75 Å². The Balaban J connectivity index is 1.28. The van der Waals surface area contributed by atoms with Crippen LogP contribution in [-0.2, 0) is 30.5 Å². The second-order valence-electron chi connectivity index (χ2n) is 13.2. The second-order valence-corrected chi connectivity index (χ2v) is 13.2. The summed E-state index contributed by atoms with van der Waals surface area (Å²) in [7, 11) is 1.31. The molecule has 2 fully saturated rings. The number of nitrogens with one attached hydrogen (secondary N) is 1. The third-order valence-corrected chi connectivity index (χ3v) is 8.48. The number of likely N-dealkylation sites (tertiary alicyclic amines) is 2. The van der Waals surface area contributed by atoms with Gasteiger partial charge in [0.1, 0.15) is 18.0 Å². The van der Waals surface area contributed by atoms with E-state index in [1.54, 1.807) is 28.3 Å². The van der Waals surface area contributed by atoms with E-state index in [9.17, 15) is 19.2 Å². The van der Waals surface area contributed by atoms with E-state index < -0.39 is 17.6 Å². The first kappa shape index (κ1) is 34.7. The molecule has 46 heavy (non-hydrogen) atoms. The lowest BCUT2D eigenvalue weighted by Crippen LogP contribution is -2.46. The Morgan fingerprint density at radius 2 is 1.74 bits per heavy atom. The fourth-order valence-corrected chi connectivity index (χ4v) is 5.87. The van der Waals surface area contributed by atoms with Crippen molar-refractivity contribution in [3.05, 3.63) is 59.9 Å². The fraction of sp³-hybridized carbons (Fsp3) is 0.571. The first-order valence-electron chi connectivity index (χ1n) is 16.2. The number of ether oxygens (including phenoxy) is 3. The molecule has 2 atom stereocenters. The van der Waals surface area contributed by atoms with Crippen molar-refractivity contribution in [3.63, 3.8) is 0 Å². The van der Waals surface area contributed by atoms with Crippen molar-refractivity contribution in [2.45, 2.75) is 84.0 Å². The van der Waals surface area contributed by atoms with Gasteiger partial charge in [0.25, 0.3) is 0 Å². The smallest absolute Gasteiger partial charge is 0.410 e. The number of carbonyl (C=O) groups excluding carboxylic acids is 4. The molecule has 4 rings (SSSR count). The number of hydrogen-bond acceptors (Lipinski definition) is 8. The summed E-state index contributed by atoms with van der Waals surface area (Å²) in [4.78, 5) is 59.2. The molecular formula is C35H48N4O7. The van der Waals surface area contributed by atoms with Gasteiger partial charge >= 0.3 is 12.1 Å². The minimum atomic E-state index is -0.662. The van der Waals surface area contributed by atoms with E-state index in [-0.39, 0.29) is 30.2 Å². The zero-order chi connectivity index (χ0) is 33.1. The molecule has 0 aliphatic carbocycles. The molecule has 2 aliphatic rings. The summed E-state index contributed by atoms with van der Waals surface area (Å²) < 4.78 is 16.3. The summed E-state index contributed by atoms with van der Waals surface area (Å²) >= 11 is 0. The first-order valence-corrected chi connectivity index (χ1v) is 16.2. The molecule has 11 heteroatoms. The second kappa shape index (κ2) is 16.4. The zero-order valence-electron chi connectivity index (χ0n) is 27.5. The summed E-state index contributed by atoms with van der Waals surface area (Å²) in [5, 5.41) is 3.02. The summed E-state index contributed by atoms with van der Waals surface area (Å²) in [6.07, 6.45) is 7.09. The Kier molecular flexibility index (Phi) is 12.4. The highest BCUT2D eigenvalue weighted by Gasteiger charge is 2.32. The average Bonchev–Trinajstić information content (AvgIpc) is 3.06. The number of pyridine rings is 1. The van der Waals surface area contributed by atoms with Gasteiger partial charge < -0.3 is 29.3 Å². The molecule has 2 aromatic rings. The Labute approximate surface area is 272 Å². The highest BCUT2D eigenvalue weighted by molar-refractivity contribution is 5.82. The van der Waals surface area contributed by atoms with Crippen LogP contribution in [0, 0.1) is 11.8 Å². The molecule has 2 aliphatic heterocycles. The summed E-state index contributed by atoms with van der Waals surface area (Å²) in [5.41, 5.74) is 1.11.